The average molecular weight is 318 g/mol. The van der Waals surface area contributed by atoms with Crippen LogP contribution in [0.25, 0.3) is 0 Å². The van der Waals surface area contributed by atoms with E-state index in [0.29, 0.717) is 11.5 Å². The van der Waals surface area contributed by atoms with E-state index in [-0.39, 0.29) is 11.4 Å². The van der Waals surface area contributed by atoms with E-state index in [0.717, 1.165) is 38.4 Å². The van der Waals surface area contributed by atoms with Crippen LogP contribution in [-0.2, 0) is 4.74 Å². The van der Waals surface area contributed by atoms with E-state index < -0.39 is 0 Å². The maximum Gasteiger partial charge on any atom is 0.254 e. The molecule has 3 rings (SSSR count). The first kappa shape index (κ1) is 16.3. The standard InChI is InChI=1S/C18H26N2O3/c1-19-8-7-14(11-22-2)10-18(19)12-20(13-18)17(21)15-5-4-6-16(9-15)23-3/h4-6,9,14H,7-8,10-13H2,1-3H3/t14-/m1/s1. The zero-order valence-electron chi connectivity index (χ0n) is 14.2. The number of hydrogen-bond donors (Lipinski definition) is 0. The average Bonchev–Trinajstić information content (AvgIpc) is 2.54. The number of hydrogen-bond acceptors (Lipinski definition) is 4. The van der Waals surface area contributed by atoms with E-state index in [9.17, 15) is 4.79 Å². The van der Waals surface area contributed by atoms with Crippen molar-refractivity contribution < 1.29 is 14.3 Å². The van der Waals surface area contributed by atoms with Crippen LogP contribution in [0.1, 0.15) is 23.2 Å². The molecule has 1 aromatic rings. The van der Waals surface area contributed by atoms with Crippen molar-refractivity contribution in [1.82, 2.24) is 9.80 Å². The second-order valence-electron chi connectivity index (χ2n) is 6.85. The third kappa shape index (κ3) is 3.08. The van der Waals surface area contributed by atoms with Crippen molar-refractivity contribution in [2.45, 2.75) is 18.4 Å². The Morgan fingerprint density at radius 1 is 1.35 bits per heavy atom. The molecule has 23 heavy (non-hydrogen) atoms. The molecule has 1 amide bonds. The summed E-state index contributed by atoms with van der Waals surface area (Å²) in [7, 11) is 5.57. The summed E-state index contributed by atoms with van der Waals surface area (Å²) < 4.78 is 10.5. The van der Waals surface area contributed by atoms with E-state index in [4.69, 9.17) is 9.47 Å². The van der Waals surface area contributed by atoms with E-state index in [1.165, 1.54) is 6.42 Å². The quantitative estimate of drug-likeness (QED) is 0.850. The number of methoxy groups -OCH3 is 2. The second-order valence-corrected chi connectivity index (χ2v) is 6.85. The molecule has 0 N–H and O–H groups in total. The third-order valence-electron chi connectivity index (χ3n) is 5.33. The van der Waals surface area contributed by atoms with Gasteiger partial charge in [-0.25, -0.2) is 0 Å². The van der Waals surface area contributed by atoms with Gasteiger partial charge in [0, 0.05) is 32.4 Å². The van der Waals surface area contributed by atoms with Gasteiger partial charge in [-0.15, -0.1) is 0 Å². The van der Waals surface area contributed by atoms with Crippen molar-refractivity contribution in [3.63, 3.8) is 0 Å². The largest absolute Gasteiger partial charge is 0.497 e. The van der Waals surface area contributed by atoms with Crippen LogP contribution in [-0.4, -0.2) is 68.8 Å². The third-order valence-corrected chi connectivity index (χ3v) is 5.33. The van der Waals surface area contributed by atoms with Gasteiger partial charge in [-0.05, 0) is 50.6 Å². The summed E-state index contributed by atoms with van der Waals surface area (Å²) in [6, 6.07) is 7.39. The molecule has 1 aromatic carbocycles. The van der Waals surface area contributed by atoms with Crippen LogP contribution in [0.4, 0.5) is 0 Å². The highest BCUT2D eigenvalue weighted by Gasteiger charge is 2.50. The Bertz CT molecular complexity index is 569. The SMILES string of the molecule is COC[C@@H]1CCN(C)C2(C1)CN(C(=O)c1cccc(OC)c1)C2. The number of amides is 1. The van der Waals surface area contributed by atoms with Crippen molar-refractivity contribution in [3.05, 3.63) is 29.8 Å². The molecule has 0 unspecified atom stereocenters. The van der Waals surface area contributed by atoms with Gasteiger partial charge in [-0.1, -0.05) is 6.07 Å². The molecule has 0 radical (unpaired) electrons. The van der Waals surface area contributed by atoms with E-state index in [2.05, 4.69) is 11.9 Å². The van der Waals surface area contributed by atoms with Gasteiger partial charge in [-0.3, -0.25) is 9.69 Å². The molecule has 0 aliphatic carbocycles. The fourth-order valence-electron chi connectivity index (χ4n) is 3.90. The minimum Gasteiger partial charge on any atom is -0.497 e. The van der Waals surface area contributed by atoms with Crippen LogP contribution in [0, 0.1) is 5.92 Å². The van der Waals surface area contributed by atoms with Crippen molar-refractivity contribution >= 4 is 5.91 Å². The molecule has 5 heteroatoms. The maximum absolute atomic E-state index is 12.7. The summed E-state index contributed by atoms with van der Waals surface area (Å²) in [6.45, 7) is 3.51. The summed E-state index contributed by atoms with van der Waals surface area (Å²) in [4.78, 5) is 17.0. The Morgan fingerprint density at radius 2 is 2.13 bits per heavy atom. The highest BCUT2D eigenvalue weighted by Crippen LogP contribution is 2.38. The van der Waals surface area contributed by atoms with Crippen LogP contribution >= 0.6 is 0 Å². The van der Waals surface area contributed by atoms with Crippen LogP contribution < -0.4 is 4.74 Å². The van der Waals surface area contributed by atoms with Crippen molar-refractivity contribution in [1.29, 1.82) is 0 Å². The molecule has 2 saturated heterocycles. The lowest BCUT2D eigenvalue weighted by Gasteiger charge is -2.58. The predicted molar refractivity (Wildman–Crippen MR) is 88.9 cm³/mol. The molecule has 1 atom stereocenters. The molecular formula is C18H26N2O3. The summed E-state index contributed by atoms with van der Waals surface area (Å²) in [5.74, 6) is 1.42. The van der Waals surface area contributed by atoms with Gasteiger partial charge in [0.1, 0.15) is 5.75 Å². The number of benzene rings is 1. The highest BCUT2D eigenvalue weighted by atomic mass is 16.5. The Balaban J connectivity index is 1.65. The second kappa shape index (κ2) is 6.49. The normalized spacial score (nSPS) is 23.6. The Labute approximate surface area is 138 Å². The lowest BCUT2D eigenvalue weighted by Crippen LogP contribution is -2.72. The number of likely N-dealkylation sites (tertiary alicyclic amines) is 2. The minimum atomic E-state index is 0.0942. The Kier molecular flexibility index (Phi) is 4.60. The number of likely N-dealkylation sites (N-methyl/N-ethyl adjacent to an activating group) is 1. The highest BCUT2D eigenvalue weighted by molar-refractivity contribution is 5.95. The van der Waals surface area contributed by atoms with Gasteiger partial charge >= 0.3 is 0 Å². The van der Waals surface area contributed by atoms with Crippen molar-refractivity contribution in [3.8, 4) is 5.75 Å². The van der Waals surface area contributed by atoms with Crippen LogP contribution in [0.2, 0.25) is 0 Å². The monoisotopic (exact) mass is 318 g/mol. The Morgan fingerprint density at radius 3 is 2.83 bits per heavy atom. The molecular weight excluding hydrogens is 292 g/mol. The zero-order valence-corrected chi connectivity index (χ0v) is 14.2. The molecule has 126 valence electrons. The Hall–Kier alpha value is -1.59. The molecule has 1 spiro atoms. The maximum atomic E-state index is 12.7. The molecule has 0 bridgehead atoms. The lowest BCUT2D eigenvalue weighted by molar-refractivity contribution is -0.0731. The van der Waals surface area contributed by atoms with Crippen molar-refractivity contribution in [2.24, 2.45) is 5.92 Å². The molecule has 0 saturated carbocycles. The van der Waals surface area contributed by atoms with Crippen LogP contribution in [0.15, 0.2) is 24.3 Å². The summed E-state index contributed by atoms with van der Waals surface area (Å²) >= 11 is 0. The van der Waals surface area contributed by atoms with Gasteiger partial charge in [-0.2, -0.15) is 0 Å². The van der Waals surface area contributed by atoms with Gasteiger partial charge in [0.25, 0.3) is 5.91 Å². The number of ether oxygens (including phenoxy) is 2. The topological polar surface area (TPSA) is 42.0 Å². The molecule has 0 aromatic heterocycles. The van der Waals surface area contributed by atoms with Gasteiger partial charge in [0.15, 0.2) is 0 Å². The molecule has 2 aliphatic rings. The van der Waals surface area contributed by atoms with Crippen LogP contribution in [0.5, 0.6) is 5.75 Å². The smallest absolute Gasteiger partial charge is 0.254 e. The van der Waals surface area contributed by atoms with E-state index in [1.54, 1.807) is 14.2 Å². The van der Waals surface area contributed by atoms with Crippen LogP contribution in [0.3, 0.4) is 0 Å². The van der Waals surface area contributed by atoms with E-state index in [1.807, 2.05) is 29.2 Å². The summed E-state index contributed by atoms with van der Waals surface area (Å²) in [5.41, 5.74) is 0.835. The van der Waals surface area contributed by atoms with Gasteiger partial charge in [0.05, 0.1) is 12.6 Å². The van der Waals surface area contributed by atoms with Gasteiger partial charge < -0.3 is 14.4 Å². The zero-order chi connectivity index (χ0) is 16.4. The van der Waals surface area contributed by atoms with Gasteiger partial charge in [0.2, 0.25) is 0 Å². The molecule has 2 heterocycles. The molecule has 2 fully saturated rings. The molecule has 5 nitrogen and oxygen atoms in total. The fraction of sp³-hybridized carbons (Fsp3) is 0.611. The number of rotatable bonds is 4. The first-order chi connectivity index (χ1) is 11.1. The number of carbonyl (C=O) groups excluding carboxylic acids is 1. The predicted octanol–water partition coefficient (Wildman–Crippen LogP) is 1.88. The lowest BCUT2D eigenvalue weighted by atomic mass is 9.75. The first-order valence-corrected chi connectivity index (χ1v) is 8.21. The molecule has 2 aliphatic heterocycles. The summed E-state index contributed by atoms with van der Waals surface area (Å²) in [6.07, 6.45) is 2.29. The number of carbonyl (C=O) groups is 1. The number of piperidine rings is 1. The minimum absolute atomic E-state index is 0.0942. The van der Waals surface area contributed by atoms with E-state index >= 15 is 0 Å². The first-order valence-electron chi connectivity index (χ1n) is 8.21. The fourth-order valence-corrected chi connectivity index (χ4v) is 3.90. The van der Waals surface area contributed by atoms with Crippen molar-refractivity contribution in [2.75, 3.05) is 47.5 Å². The summed E-state index contributed by atoms with van der Waals surface area (Å²) in [5, 5.41) is 0. The number of nitrogens with zero attached hydrogens (tertiary/aromatic N) is 2.